The first-order valence-corrected chi connectivity index (χ1v) is 7.73. The topological polar surface area (TPSA) is 73.9 Å². The Morgan fingerprint density at radius 3 is 2.72 bits per heavy atom. The molecule has 6 nitrogen and oxygen atoms in total. The van der Waals surface area contributed by atoms with E-state index >= 15 is 0 Å². The molecule has 1 atom stereocenters. The molecule has 3 rings (SSSR count). The minimum atomic E-state index is -0.949. The van der Waals surface area contributed by atoms with Crippen LogP contribution in [0.1, 0.15) is 6.42 Å². The van der Waals surface area contributed by atoms with Crippen LogP contribution in [0, 0.1) is 5.82 Å². The van der Waals surface area contributed by atoms with Crippen LogP contribution >= 0.6 is 0 Å². The van der Waals surface area contributed by atoms with Gasteiger partial charge in [-0.25, -0.2) is 4.39 Å². The lowest BCUT2D eigenvalue weighted by molar-refractivity contribution is -0.148. The predicted octanol–water partition coefficient (Wildman–Crippen LogP) is 2.54. The van der Waals surface area contributed by atoms with Crippen molar-refractivity contribution in [3.63, 3.8) is 0 Å². The molecule has 2 aromatic rings. The number of amides is 1. The average molecular weight is 345 g/mol. The molecule has 1 amide bonds. The Morgan fingerprint density at radius 1 is 1.12 bits per heavy atom. The van der Waals surface area contributed by atoms with Gasteiger partial charge >= 0.3 is 5.97 Å². The van der Waals surface area contributed by atoms with Crippen molar-refractivity contribution >= 4 is 17.6 Å². The zero-order valence-electron chi connectivity index (χ0n) is 13.2. The lowest BCUT2D eigenvalue weighted by atomic mass is 10.1. The summed E-state index contributed by atoms with van der Waals surface area (Å²) >= 11 is 0. The third-order valence-electron chi connectivity index (χ3n) is 3.50. The Hall–Kier alpha value is -3.09. The second kappa shape index (κ2) is 7.65. The van der Waals surface area contributed by atoms with Gasteiger partial charge in [0.15, 0.2) is 17.7 Å². The van der Waals surface area contributed by atoms with Crippen LogP contribution in [-0.4, -0.2) is 31.2 Å². The maximum Gasteiger partial charge on any atom is 0.310 e. The molecule has 0 bridgehead atoms. The van der Waals surface area contributed by atoms with Crippen LogP contribution in [0.2, 0.25) is 0 Å². The summed E-state index contributed by atoms with van der Waals surface area (Å²) in [6, 6.07) is 12.9. The number of nitrogens with one attached hydrogen (secondary N) is 1. The highest BCUT2D eigenvalue weighted by Crippen LogP contribution is 2.29. The largest absolute Gasteiger partial charge is 0.487 e. The summed E-state index contributed by atoms with van der Waals surface area (Å²) in [6.07, 6.45) is -1.17. The van der Waals surface area contributed by atoms with E-state index in [9.17, 15) is 14.0 Å². The molecule has 0 aliphatic carbocycles. The molecule has 1 aliphatic rings. The number of ether oxygens (including phenoxy) is 3. The number of benzene rings is 2. The molecular formula is C18H16FNO5. The van der Waals surface area contributed by atoms with Crippen molar-refractivity contribution in [2.75, 3.05) is 18.5 Å². The molecule has 0 saturated heterocycles. The third kappa shape index (κ3) is 4.26. The third-order valence-corrected chi connectivity index (χ3v) is 3.50. The van der Waals surface area contributed by atoms with Crippen LogP contribution in [-0.2, 0) is 14.3 Å². The fourth-order valence-corrected chi connectivity index (χ4v) is 2.31. The van der Waals surface area contributed by atoms with Crippen LogP contribution < -0.4 is 14.8 Å². The lowest BCUT2D eigenvalue weighted by Gasteiger charge is -2.25. The molecule has 0 spiro atoms. The molecule has 0 aromatic heterocycles. The quantitative estimate of drug-likeness (QED) is 0.643. The van der Waals surface area contributed by atoms with E-state index in [-0.39, 0.29) is 25.4 Å². The molecule has 1 N–H and O–H groups in total. The number of carbonyl (C=O) groups is 2. The summed E-state index contributed by atoms with van der Waals surface area (Å²) < 4.78 is 29.0. The van der Waals surface area contributed by atoms with Gasteiger partial charge in [-0.05, 0) is 24.3 Å². The molecule has 1 heterocycles. The van der Waals surface area contributed by atoms with Gasteiger partial charge in [-0.15, -0.1) is 0 Å². The molecular weight excluding hydrogens is 329 g/mol. The predicted molar refractivity (Wildman–Crippen MR) is 87.0 cm³/mol. The van der Waals surface area contributed by atoms with Gasteiger partial charge in [0.25, 0.3) is 5.91 Å². The number of hydrogen-bond acceptors (Lipinski definition) is 5. The highest BCUT2D eigenvalue weighted by atomic mass is 19.1. The number of carbonyl (C=O) groups excluding carboxylic acids is 2. The van der Waals surface area contributed by atoms with Crippen molar-refractivity contribution in [1.29, 1.82) is 0 Å². The first-order valence-electron chi connectivity index (χ1n) is 7.73. The molecule has 0 radical (unpaired) electrons. The van der Waals surface area contributed by atoms with Crippen molar-refractivity contribution in [3.05, 3.63) is 54.3 Å². The highest BCUT2D eigenvalue weighted by molar-refractivity contribution is 5.99. The summed E-state index contributed by atoms with van der Waals surface area (Å²) in [5.41, 5.74) is 0.565. The Bertz CT molecular complexity index is 780. The van der Waals surface area contributed by atoms with Crippen LogP contribution in [0.15, 0.2) is 48.5 Å². The maximum absolute atomic E-state index is 13.4. The fraction of sp³-hybridized carbons (Fsp3) is 0.222. The first kappa shape index (κ1) is 16.8. The Balaban J connectivity index is 1.44. The Labute approximate surface area is 143 Å². The summed E-state index contributed by atoms with van der Waals surface area (Å²) in [6.45, 7) is -0.0503. The number of esters is 1. The van der Waals surface area contributed by atoms with Gasteiger partial charge < -0.3 is 19.5 Å². The summed E-state index contributed by atoms with van der Waals surface area (Å²) in [7, 11) is 0. The summed E-state index contributed by atoms with van der Waals surface area (Å²) in [5.74, 6) is -0.900. The van der Waals surface area contributed by atoms with Gasteiger partial charge in [0.05, 0.1) is 12.1 Å². The zero-order valence-corrected chi connectivity index (χ0v) is 13.2. The first-order chi connectivity index (χ1) is 12.1. The van der Waals surface area contributed by atoms with E-state index in [4.69, 9.17) is 14.2 Å². The SMILES string of the molecule is O=C(C[C@H]1Oc2ccccc2NC1=O)OCCOc1ccccc1F. The van der Waals surface area contributed by atoms with E-state index in [0.29, 0.717) is 11.4 Å². The summed E-state index contributed by atoms with van der Waals surface area (Å²) in [4.78, 5) is 23.8. The van der Waals surface area contributed by atoms with E-state index < -0.39 is 23.8 Å². The standard InChI is InChI=1S/C18H16FNO5/c19-12-5-1-3-7-14(12)23-9-10-24-17(21)11-16-18(22)20-13-6-2-4-8-15(13)25-16/h1-8,16H,9-11H2,(H,20,22)/t16-/m1/s1. The minimum Gasteiger partial charge on any atom is -0.487 e. The lowest BCUT2D eigenvalue weighted by Crippen LogP contribution is -2.39. The minimum absolute atomic E-state index is 0.00717. The molecule has 0 saturated carbocycles. The van der Waals surface area contributed by atoms with Crippen molar-refractivity contribution in [1.82, 2.24) is 0 Å². The molecule has 2 aromatic carbocycles. The van der Waals surface area contributed by atoms with Crippen LogP contribution in [0.4, 0.5) is 10.1 Å². The van der Waals surface area contributed by atoms with Gasteiger partial charge in [-0.3, -0.25) is 9.59 Å². The number of hydrogen-bond donors (Lipinski definition) is 1. The molecule has 25 heavy (non-hydrogen) atoms. The van der Waals surface area contributed by atoms with Crippen LogP contribution in [0.5, 0.6) is 11.5 Å². The normalized spacial score (nSPS) is 15.6. The molecule has 7 heteroatoms. The van der Waals surface area contributed by atoms with Crippen molar-refractivity contribution < 1.29 is 28.2 Å². The highest BCUT2D eigenvalue weighted by Gasteiger charge is 2.30. The number of fused-ring (bicyclic) bond motifs is 1. The Kier molecular flexibility index (Phi) is 5.13. The number of halogens is 1. The van der Waals surface area contributed by atoms with E-state index in [1.807, 2.05) is 0 Å². The molecule has 130 valence electrons. The van der Waals surface area contributed by atoms with Crippen molar-refractivity contribution in [2.24, 2.45) is 0 Å². The van der Waals surface area contributed by atoms with E-state index in [0.717, 1.165) is 0 Å². The zero-order chi connectivity index (χ0) is 17.6. The van der Waals surface area contributed by atoms with E-state index in [2.05, 4.69) is 5.32 Å². The second-order valence-electron chi connectivity index (χ2n) is 5.30. The molecule has 1 aliphatic heterocycles. The van der Waals surface area contributed by atoms with Gasteiger partial charge in [0.1, 0.15) is 19.0 Å². The van der Waals surface area contributed by atoms with Crippen molar-refractivity contribution in [3.8, 4) is 11.5 Å². The molecule has 0 unspecified atom stereocenters. The van der Waals surface area contributed by atoms with Gasteiger partial charge in [0.2, 0.25) is 0 Å². The summed E-state index contributed by atoms with van der Waals surface area (Å²) in [5, 5.41) is 2.67. The van der Waals surface area contributed by atoms with Crippen LogP contribution in [0.25, 0.3) is 0 Å². The average Bonchev–Trinajstić information content (AvgIpc) is 2.61. The number of para-hydroxylation sites is 3. The van der Waals surface area contributed by atoms with Crippen molar-refractivity contribution in [2.45, 2.75) is 12.5 Å². The number of anilines is 1. The second-order valence-corrected chi connectivity index (χ2v) is 5.30. The van der Waals surface area contributed by atoms with E-state index in [1.165, 1.54) is 12.1 Å². The molecule has 0 fully saturated rings. The van der Waals surface area contributed by atoms with E-state index in [1.54, 1.807) is 36.4 Å². The van der Waals surface area contributed by atoms with Gasteiger partial charge in [0, 0.05) is 0 Å². The smallest absolute Gasteiger partial charge is 0.310 e. The fourth-order valence-electron chi connectivity index (χ4n) is 2.31. The van der Waals surface area contributed by atoms with Gasteiger partial charge in [-0.1, -0.05) is 24.3 Å². The van der Waals surface area contributed by atoms with Gasteiger partial charge in [-0.2, -0.15) is 0 Å². The number of rotatable bonds is 6. The maximum atomic E-state index is 13.4. The van der Waals surface area contributed by atoms with Crippen LogP contribution in [0.3, 0.4) is 0 Å². The monoisotopic (exact) mass is 345 g/mol. The Morgan fingerprint density at radius 2 is 1.88 bits per heavy atom.